The monoisotopic (exact) mass is 348 g/mol. The van der Waals surface area contributed by atoms with E-state index >= 15 is 0 Å². The molecule has 0 aliphatic carbocycles. The number of nitrogens with zero attached hydrogens (tertiary/aromatic N) is 1. The molecule has 1 rings (SSSR count). The minimum atomic E-state index is -3.85. The van der Waals surface area contributed by atoms with Crippen LogP contribution in [0.2, 0.25) is 0 Å². The highest BCUT2D eigenvalue weighted by Gasteiger charge is 2.29. The lowest BCUT2D eigenvalue weighted by atomic mass is 10.1. The predicted molar refractivity (Wildman–Crippen MR) is 85.6 cm³/mol. The van der Waals surface area contributed by atoms with Crippen LogP contribution >= 0.6 is 0 Å². The summed E-state index contributed by atoms with van der Waals surface area (Å²) in [5.41, 5.74) is -0.0992. The zero-order chi connectivity index (χ0) is 17.8. The van der Waals surface area contributed by atoms with Crippen molar-refractivity contribution in [3.05, 3.63) is 29.8 Å². The lowest BCUT2D eigenvalue weighted by Crippen LogP contribution is -2.48. The Balaban J connectivity index is 3.02. The zero-order valence-corrected chi connectivity index (χ0v) is 14.5. The van der Waals surface area contributed by atoms with Crippen LogP contribution in [0, 0.1) is 17.6 Å². The molecule has 1 aromatic rings. The van der Waals surface area contributed by atoms with Gasteiger partial charge in [0.15, 0.2) is 11.6 Å². The summed E-state index contributed by atoms with van der Waals surface area (Å²) in [5, 5.41) is 2.65. The van der Waals surface area contributed by atoms with E-state index in [9.17, 15) is 22.0 Å². The molecule has 5 nitrogen and oxygen atoms in total. The Morgan fingerprint density at radius 3 is 2.30 bits per heavy atom. The first-order valence-electron chi connectivity index (χ1n) is 7.26. The second-order valence-electron chi connectivity index (χ2n) is 5.81. The van der Waals surface area contributed by atoms with Crippen LogP contribution in [0.4, 0.5) is 14.5 Å². The van der Waals surface area contributed by atoms with Gasteiger partial charge in [-0.25, -0.2) is 17.2 Å². The summed E-state index contributed by atoms with van der Waals surface area (Å²) < 4.78 is 51.2. The molecule has 0 spiro atoms. The van der Waals surface area contributed by atoms with Crippen molar-refractivity contribution >= 4 is 21.6 Å². The van der Waals surface area contributed by atoms with E-state index in [1.54, 1.807) is 0 Å². The summed E-state index contributed by atoms with van der Waals surface area (Å²) in [4.78, 5) is 12.2. The highest BCUT2D eigenvalue weighted by Crippen LogP contribution is 2.23. The van der Waals surface area contributed by atoms with Gasteiger partial charge in [0.25, 0.3) is 0 Å². The maximum absolute atomic E-state index is 13.4. The third-order valence-electron chi connectivity index (χ3n) is 3.27. The molecule has 0 radical (unpaired) electrons. The Hall–Kier alpha value is -1.70. The van der Waals surface area contributed by atoms with Gasteiger partial charge >= 0.3 is 0 Å². The van der Waals surface area contributed by atoms with E-state index in [1.165, 1.54) is 6.92 Å². The molecule has 1 unspecified atom stereocenters. The average Bonchev–Trinajstić information content (AvgIpc) is 2.40. The van der Waals surface area contributed by atoms with E-state index in [0.717, 1.165) is 35.2 Å². The third kappa shape index (κ3) is 5.46. The minimum absolute atomic E-state index is 0.0992. The molecule has 23 heavy (non-hydrogen) atoms. The maximum atomic E-state index is 13.4. The molecule has 0 bridgehead atoms. The fraction of sp³-hybridized carbons (Fsp3) is 0.533. The zero-order valence-electron chi connectivity index (χ0n) is 13.6. The van der Waals surface area contributed by atoms with Crippen LogP contribution in [0.1, 0.15) is 27.2 Å². The number of carbonyl (C=O) groups is 1. The van der Waals surface area contributed by atoms with Gasteiger partial charge in [0.2, 0.25) is 15.9 Å². The number of halogens is 2. The van der Waals surface area contributed by atoms with Crippen LogP contribution in [0.15, 0.2) is 18.2 Å². The Labute approximate surface area is 135 Å². The number of anilines is 1. The van der Waals surface area contributed by atoms with Crippen molar-refractivity contribution in [3.63, 3.8) is 0 Å². The number of amides is 1. The minimum Gasteiger partial charge on any atom is -0.354 e. The van der Waals surface area contributed by atoms with E-state index in [4.69, 9.17) is 0 Å². The first-order valence-corrected chi connectivity index (χ1v) is 9.11. The molecule has 0 saturated heterocycles. The first kappa shape index (κ1) is 19.3. The van der Waals surface area contributed by atoms with E-state index in [2.05, 4.69) is 5.32 Å². The van der Waals surface area contributed by atoms with Crippen molar-refractivity contribution < 1.29 is 22.0 Å². The molecule has 0 saturated carbocycles. The normalized spacial score (nSPS) is 13.0. The number of carbonyl (C=O) groups excluding carboxylic acids is 1. The Kier molecular flexibility index (Phi) is 6.49. The highest BCUT2D eigenvalue weighted by atomic mass is 32.2. The Morgan fingerprint density at radius 2 is 1.83 bits per heavy atom. The molecule has 1 amide bonds. The number of nitrogens with one attached hydrogen (secondary N) is 1. The van der Waals surface area contributed by atoms with Crippen LogP contribution in [-0.2, 0) is 14.8 Å². The van der Waals surface area contributed by atoms with E-state index in [0.29, 0.717) is 12.5 Å². The van der Waals surface area contributed by atoms with E-state index < -0.39 is 33.6 Å². The summed E-state index contributed by atoms with van der Waals surface area (Å²) in [6.45, 7) is 5.81. The fourth-order valence-electron chi connectivity index (χ4n) is 2.06. The summed E-state index contributed by atoms with van der Waals surface area (Å²) in [6, 6.07) is 1.62. The number of rotatable bonds is 7. The van der Waals surface area contributed by atoms with Crippen LogP contribution in [0.3, 0.4) is 0 Å². The summed E-state index contributed by atoms with van der Waals surface area (Å²) in [7, 11) is -3.85. The predicted octanol–water partition coefficient (Wildman–Crippen LogP) is 2.28. The number of sulfonamides is 1. The maximum Gasteiger partial charge on any atom is 0.243 e. The van der Waals surface area contributed by atoms with Crippen molar-refractivity contribution in [2.75, 3.05) is 17.1 Å². The average molecular weight is 348 g/mol. The molecule has 1 aromatic carbocycles. The van der Waals surface area contributed by atoms with Gasteiger partial charge in [0.1, 0.15) is 6.04 Å². The third-order valence-corrected chi connectivity index (χ3v) is 4.51. The van der Waals surface area contributed by atoms with Crippen LogP contribution in [0.5, 0.6) is 0 Å². The van der Waals surface area contributed by atoms with Crippen LogP contribution < -0.4 is 9.62 Å². The smallest absolute Gasteiger partial charge is 0.243 e. The molecule has 0 heterocycles. The molecular formula is C15H22F2N2O3S. The SMILES string of the molecule is CC(C)CCNC(=O)C(C)N(c1ccc(F)c(F)c1)S(C)(=O)=O. The number of hydrogen-bond acceptors (Lipinski definition) is 3. The second-order valence-corrected chi connectivity index (χ2v) is 7.67. The lowest BCUT2D eigenvalue weighted by molar-refractivity contribution is -0.121. The van der Waals surface area contributed by atoms with Gasteiger partial charge in [0.05, 0.1) is 11.9 Å². The van der Waals surface area contributed by atoms with Crippen molar-refractivity contribution in [1.29, 1.82) is 0 Å². The van der Waals surface area contributed by atoms with Crippen LogP contribution in [0.25, 0.3) is 0 Å². The second kappa shape index (κ2) is 7.72. The van der Waals surface area contributed by atoms with E-state index in [1.807, 2.05) is 13.8 Å². The molecule has 0 aliphatic heterocycles. The van der Waals surface area contributed by atoms with Gasteiger partial charge in [-0.1, -0.05) is 13.8 Å². The Morgan fingerprint density at radius 1 is 1.22 bits per heavy atom. The lowest BCUT2D eigenvalue weighted by Gasteiger charge is -2.28. The van der Waals surface area contributed by atoms with Crippen LogP contribution in [-0.4, -0.2) is 33.2 Å². The van der Waals surface area contributed by atoms with Gasteiger partial charge in [-0.15, -0.1) is 0 Å². The highest BCUT2D eigenvalue weighted by molar-refractivity contribution is 7.92. The van der Waals surface area contributed by atoms with Crippen molar-refractivity contribution in [2.24, 2.45) is 5.92 Å². The van der Waals surface area contributed by atoms with Gasteiger partial charge in [0, 0.05) is 12.6 Å². The molecule has 0 aliphatic rings. The molecule has 1 N–H and O–H groups in total. The number of hydrogen-bond donors (Lipinski definition) is 1. The van der Waals surface area contributed by atoms with Crippen molar-refractivity contribution in [3.8, 4) is 0 Å². The molecule has 0 aromatic heterocycles. The van der Waals surface area contributed by atoms with Gasteiger partial charge in [-0.2, -0.15) is 0 Å². The standard InChI is InChI=1S/C15H22F2N2O3S/c1-10(2)7-8-18-15(20)11(3)19(23(4,21)22)12-5-6-13(16)14(17)9-12/h5-6,9-11H,7-8H2,1-4H3,(H,18,20). The largest absolute Gasteiger partial charge is 0.354 e. The number of benzene rings is 1. The Bertz CT molecular complexity index is 663. The molecule has 130 valence electrons. The summed E-state index contributed by atoms with van der Waals surface area (Å²) in [6.07, 6.45) is 1.66. The van der Waals surface area contributed by atoms with Gasteiger partial charge < -0.3 is 5.32 Å². The topological polar surface area (TPSA) is 66.5 Å². The molecule has 0 fully saturated rings. The van der Waals surface area contributed by atoms with Crippen molar-refractivity contribution in [2.45, 2.75) is 33.2 Å². The van der Waals surface area contributed by atoms with Gasteiger partial charge in [-0.05, 0) is 31.4 Å². The molecule has 8 heteroatoms. The van der Waals surface area contributed by atoms with E-state index in [-0.39, 0.29) is 5.69 Å². The fourth-order valence-corrected chi connectivity index (χ4v) is 3.23. The van der Waals surface area contributed by atoms with Crippen molar-refractivity contribution in [1.82, 2.24) is 5.32 Å². The summed E-state index contributed by atoms with van der Waals surface area (Å²) in [5.74, 6) is -2.37. The van der Waals surface area contributed by atoms with Gasteiger partial charge in [-0.3, -0.25) is 9.10 Å². The summed E-state index contributed by atoms with van der Waals surface area (Å²) >= 11 is 0. The molecular weight excluding hydrogens is 326 g/mol. The molecule has 1 atom stereocenters. The first-order chi connectivity index (χ1) is 10.5. The quantitative estimate of drug-likeness (QED) is 0.822.